The van der Waals surface area contributed by atoms with Crippen molar-refractivity contribution in [3.05, 3.63) is 30.3 Å². The van der Waals surface area contributed by atoms with E-state index >= 15 is 0 Å². The molecule has 1 aromatic carbocycles. The van der Waals surface area contributed by atoms with Gasteiger partial charge in [-0.15, -0.1) is 0 Å². The number of aliphatic hydroxyl groups is 1. The predicted molar refractivity (Wildman–Crippen MR) is 123 cm³/mol. The predicted octanol–water partition coefficient (Wildman–Crippen LogP) is 3.29. The second-order valence-corrected chi connectivity index (χ2v) is 10.6. The highest BCUT2D eigenvalue weighted by Crippen LogP contribution is 2.55. The molecule has 7 atom stereocenters. The Kier molecular flexibility index (Phi) is 6.80. The Hall–Kier alpha value is -2.08. The van der Waals surface area contributed by atoms with Crippen LogP contribution in [0.2, 0.25) is 0 Å². The quantitative estimate of drug-likeness (QED) is 0.605. The van der Waals surface area contributed by atoms with Gasteiger partial charge in [0, 0.05) is 18.0 Å². The fraction of sp³-hybridized carbons (Fsp3) is 0.692. The van der Waals surface area contributed by atoms with Gasteiger partial charge in [-0.05, 0) is 73.8 Å². The lowest BCUT2D eigenvalue weighted by Crippen LogP contribution is -2.59. The normalized spacial score (nSPS) is 35.3. The molecule has 32 heavy (non-hydrogen) atoms. The molecular weight excluding hydrogens is 404 g/mol. The van der Waals surface area contributed by atoms with Crippen LogP contribution >= 0.6 is 0 Å². The highest BCUT2D eigenvalue weighted by molar-refractivity contribution is 5.79. The van der Waals surface area contributed by atoms with Crippen LogP contribution in [0.3, 0.4) is 0 Å². The van der Waals surface area contributed by atoms with Crippen LogP contribution in [0.4, 0.5) is 0 Å². The number of carbonyl (C=O) groups is 2. The molecule has 3 aliphatic rings. The molecule has 0 unspecified atom stereocenters. The first-order valence-electron chi connectivity index (χ1n) is 12.2. The largest absolute Gasteiger partial charge is 0.484 e. The third-order valence-electron chi connectivity index (χ3n) is 8.33. The molecular formula is C26H38N2O4. The zero-order valence-electron chi connectivity index (χ0n) is 19.5. The van der Waals surface area contributed by atoms with Gasteiger partial charge in [0.05, 0.1) is 6.10 Å². The first-order chi connectivity index (χ1) is 15.3. The van der Waals surface area contributed by atoms with Gasteiger partial charge in [-0.3, -0.25) is 9.59 Å². The van der Waals surface area contributed by atoms with Crippen LogP contribution in [0.5, 0.6) is 5.75 Å². The van der Waals surface area contributed by atoms with Crippen molar-refractivity contribution in [1.82, 2.24) is 10.6 Å². The molecule has 0 saturated heterocycles. The van der Waals surface area contributed by atoms with E-state index in [-0.39, 0.29) is 53.5 Å². The molecule has 0 aliphatic heterocycles. The fourth-order valence-corrected chi connectivity index (χ4v) is 6.17. The second-order valence-electron chi connectivity index (χ2n) is 10.6. The summed E-state index contributed by atoms with van der Waals surface area (Å²) in [5.74, 6) is 0.579. The number of carbonyl (C=O) groups excluding carboxylic acids is 2. The van der Waals surface area contributed by atoms with Gasteiger partial charge < -0.3 is 20.5 Å². The molecule has 0 aromatic heterocycles. The molecule has 0 radical (unpaired) electrons. The maximum absolute atomic E-state index is 12.7. The third-order valence-corrected chi connectivity index (χ3v) is 8.33. The monoisotopic (exact) mass is 442 g/mol. The summed E-state index contributed by atoms with van der Waals surface area (Å²) in [6.07, 6.45) is 5.37. The minimum Gasteiger partial charge on any atom is -0.484 e. The van der Waals surface area contributed by atoms with E-state index in [2.05, 4.69) is 24.5 Å². The van der Waals surface area contributed by atoms with Crippen LogP contribution in [0.15, 0.2) is 30.3 Å². The van der Waals surface area contributed by atoms with Gasteiger partial charge in [-0.2, -0.15) is 0 Å². The van der Waals surface area contributed by atoms with E-state index in [4.69, 9.17) is 4.74 Å². The van der Waals surface area contributed by atoms with E-state index in [1.165, 1.54) is 0 Å². The molecule has 6 heteroatoms. The number of amides is 2. The molecule has 0 spiro atoms. The summed E-state index contributed by atoms with van der Waals surface area (Å²) in [7, 11) is 0. The number of aliphatic hydroxyl groups excluding tert-OH is 1. The van der Waals surface area contributed by atoms with Crippen molar-refractivity contribution in [1.29, 1.82) is 0 Å². The topological polar surface area (TPSA) is 87.7 Å². The summed E-state index contributed by atoms with van der Waals surface area (Å²) in [4.78, 5) is 25.2. The Balaban J connectivity index is 1.37. The van der Waals surface area contributed by atoms with Crippen molar-refractivity contribution < 1.29 is 19.4 Å². The van der Waals surface area contributed by atoms with E-state index in [1.54, 1.807) is 0 Å². The summed E-state index contributed by atoms with van der Waals surface area (Å²) in [5, 5.41) is 17.7. The van der Waals surface area contributed by atoms with Gasteiger partial charge in [-0.25, -0.2) is 0 Å². The third kappa shape index (κ3) is 4.95. The molecule has 3 saturated carbocycles. The SMILES string of the molecule is C[C@H]1[C@@H]2[C@@H](O)[C@@H]([C@H](C)C(=O)NC3CC3)CC[C@@]2(C)CC[C@@H]1NC(=O)COc1ccccc1. The Bertz CT molecular complexity index is 811. The molecule has 2 amide bonds. The van der Waals surface area contributed by atoms with Gasteiger partial charge in [-0.1, -0.05) is 39.0 Å². The molecule has 176 valence electrons. The van der Waals surface area contributed by atoms with E-state index < -0.39 is 6.10 Å². The molecule has 1 aromatic rings. The maximum atomic E-state index is 12.7. The molecule has 3 fully saturated rings. The van der Waals surface area contributed by atoms with Gasteiger partial charge in [0.25, 0.3) is 5.91 Å². The molecule has 0 bridgehead atoms. The number of para-hydroxylation sites is 1. The highest BCUT2D eigenvalue weighted by atomic mass is 16.5. The van der Waals surface area contributed by atoms with Crippen molar-refractivity contribution in [3.8, 4) is 5.75 Å². The Labute approximate surface area is 191 Å². The van der Waals surface area contributed by atoms with Crippen molar-refractivity contribution in [2.24, 2.45) is 29.1 Å². The van der Waals surface area contributed by atoms with E-state index in [0.29, 0.717) is 11.8 Å². The number of rotatable bonds is 7. The van der Waals surface area contributed by atoms with Crippen molar-refractivity contribution in [2.75, 3.05) is 6.61 Å². The summed E-state index contributed by atoms with van der Waals surface area (Å²) in [5.41, 5.74) is 0.0454. The van der Waals surface area contributed by atoms with Crippen LogP contribution in [-0.2, 0) is 9.59 Å². The molecule has 3 N–H and O–H groups in total. The second kappa shape index (κ2) is 9.42. The fourth-order valence-electron chi connectivity index (χ4n) is 6.17. The number of benzene rings is 1. The lowest BCUT2D eigenvalue weighted by Gasteiger charge is -2.56. The van der Waals surface area contributed by atoms with Crippen molar-refractivity contribution in [2.45, 2.75) is 77.5 Å². The summed E-state index contributed by atoms with van der Waals surface area (Å²) in [6.45, 7) is 6.37. The van der Waals surface area contributed by atoms with Crippen LogP contribution in [0.25, 0.3) is 0 Å². The lowest BCUT2D eigenvalue weighted by molar-refractivity contribution is -0.144. The maximum Gasteiger partial charge on any atom is 0.258 e. The Morgan fingerprint density at radius 3 is 2.50 bits per heavy atom. The number of nitrogens with one attached hydrogen (secondary N) is 2. The first-order valence-corrected chi connectivity index (χ1v) is 12.2. The smallest absolute Gasteiger partial charge is 0.258 e. The van der Waals surface area contributed by atoms with Gasteiger partial charge in [0.1, 0.15) is 5.75 Å². The first kappa shape index (κ1) is 23.1. The average Bonchev–Trinajstić information content (AvgIpc) is 3.59. The van der Waals surface area contributed by atoms with Crippen molar-refractivity contribution >= 4 is 11.8 Å². The van der Waals surface area contributed by atoms with E-state index in [0.717, 1.165) is 38.5 Å². The standard InChI is InChI=1S/C26H38N2O4/c1-16(25(31)27-18-9-10-18)20-11-13-26(3)14-12-21(17(2)23(26)24(20)30)28-22(29)15-32-19-7-5-4-6-8-19/h4-8,16-18,20-21,23-24,30H,9-15H2,1-3H3,(H,27,31)(H,28,29)/t16-,17+,20+,21-,23+,24-,26-/m0/s1. The van der Waals surface area contributed by atoms with E-state index in [1.807, 2.05) is 37.3 Å². The number of ether oxygens (including phenoxy) is 1. The number of fused-ring (bicyclic) bond motifs is 1. The zero-order chi connectivity index (χ0) is 22.9. The highest BCUT2D eigenvalue weighted by Gasteiger charge is 2.54. The van der Waals surface area contributed by atoms with Crippen LogP contribution in [0.1, 0.15) is 59.3 Å². The molecule has 0 heterocycles. The zero-order valence-corrected chi connectivity index (χ0v) is 19.5. The van der Waals surface area contributed by atoms with Gasteiger partial charge in [0.2, 0.25) is 5.91 Å². The molecule has 3 aliphatic carbocycles. The minimum atomic E-state index is -0.538. The van der Waals surface area contributed by atoms with E-state index in [9.17, 15) is 14.7 Å². The van der Waals surface area contributed by atoms with Gasteiger partial charge >= 0.3 is 0 Å². The van der Waals surface area contributed by atoms with Crippen LogP contribution < -0.4 is 15.4 Å². The van der Waals surface area contributed by atoms with Gasteiger partial charge in [0.15, 0.2) is 6.61 Å². The summed E-state index contributed by atoms with van der Waals surface area (Å²) in [6, 6.07) is 9.68. The minimum absolute atomic E-state index is 0.00365. The summed E-state index contributed by atoms with van der Waals surface area (Å²) >= 11 is 0. The average molecular weight is 443 g/mol. The molecule has 4 rings (SSSR count). The van der Waals surface area contributed by atoms with Crippen LogP contribution in [-0.4, -0.2) is 41.7 Å². The van der Waals surface area contributed by atoms with Crippen LogP contribution in [0, 0.1) is 29.1 Å². The number of hydrogen-bond acceptors (Lipinski definition) is 4. The number of hydrogen-bond donors (Lipinski definition) is 3. The Morgan fingerprint density at radius 2 is 1.81 bits per heavy atom. The molecule has 6 nitrogen and oxygen atoms in total. The lowest BCUT2D eigenvalue weighted by atomic mass is 9.51. The Morgan fingerprint density at radius 1 is 1.12 bits per heavy atom. The van der Waals surface area contributed by atoms with Crippen molar-refractivity contribution in [3.63, 3.8) is 0 Å². The summed E-state index contributed by atoms with van der Waals surface area (Å²) < 4.78 is 5.60.